The van der Waals surface area contributed by atoms with E-state index in [4.69, 9.17) is 5.73 Å². The zero-order chi connectivity index (χ0) is 10.1. The van der Waals surface area contributed by atoms with Crippen LogP contribution in [0.3, 0.4) is 0 Å². The third-order valence-corrected chi connectivity index (χ3v) is 2.23. The fourth-order valence-electron chi connectivity index (χ4n) is 1.51. The number of pyridine rings is 1. The number of hydrogen-bond donors (Lipinski definition) is 2. The van der Waals surface area contributed by atoms with Gasteiger partial charge in [-0.3, -0.25) is 0 Å². The molecular formula is C10H11N3O. The molecule has 4 heteroatoms. The zero-order valence-corrected chi connectivity index (χ0v) is 7.82. The number of hydrogen-bond acceptors (Lipinski definition) is 3. The van der Waals surface area contributed by atoms with Gasteiger partial charge in [-0.2, -0.15) is 4.73 Å². The van der Waals surface area contributed by atoms with Crippen LogP contribution in [-0.4, -0.2) is 7.05 Å². The van der Waals surface area contributed by atoms with Crippen molar-refractivity contribution in [1.29, 1.82) is 0 Å². The second-order valence-corrected chi connectivity index (χ2v) is 3.08. The molecule has 0 atom stereocenters. The van der Waals surface area contributed by atoms with E-state index in [1.165, 1.54) is 12.4 Å². The number of nitrogens with zero attached hydrogens (tertiary/aromatic N) is 1. The monoisotopic (exact) mass is 189 g/mol. The Balaban J connectivity index is 2.84. The Morgan fingerprint density at radius 2 is 2.07 bits per heavy atom. The summed E-state index contributed by atoms with van der Waals surface area (Å²) in [5.41, 5.74) is 7.35. The summed E-state index contributed by atoms with van der Waals surface area (Å²) in [6.45, 7) is 0. The summed E-state index contributed by atoms with van der Waals surface area (Å²) < 4.78 is 0.748. The molecule has 0 saturated carbocycles. The van der Waals surface area contributed by atoms with Crippen molar-refractivity contribution in [2.24, 2.45) is 0 Å². The molecule has 0 saturated heterocycles. The third-order valence-electron chi connectivity index (χ3n) is 2.23. The average Bonchev–Trinajstić information content (AvgIpc) is 2.19. The maximum absolute atomic E-state index is 11.1. The van der Waals surface area contributed by atoms with Crippen LogP contribution in [-0.2, 0) is 0 Å². The fourth-order valence-corrected chi connectivity index (χ4v) is 1.51. The van der Waals surface area contributed by atoms with Crippen molar-refractivity contribution >= 4 is 22.1 Å². The number of nitrogens with one attached hydrogen (secondary N) is 1. The van der Waals surface area contributed by atoms with E-state index in [-0.39, 0.29) is 0 Å². The number of nitrogens with two attached hydrogens (primary N) is 1. The molecular weight excluding hydrogens is 178 g/mol. The highest BCUT2D eigenvalue weighted by Gasteiger charge is 2.05. The molecule has 0 amide bonds. The molecule has 4 nitrogen and oxygen atoms in total. The molecule has 72 valence electrons. The van der Waals surface area contributed by atoms with Gasteiger partial charge in [0.25, 0.3) is 0 Å². The molecule has 0 bridgehead atoms. The van der Waals surface area contributed by atoms with Crippen LogP contribution in [0.5, 0.6) is 0 Å². The van der Waals surface area contributed by atoms with Crippen molar-refractivity contribution in [3.8, 4) is 0 Å². The van der Waals surface area contributed by atoms with Gasteiger partial charge in [0.1, 0.15) is 0 Å². The molecule has 1 heterocycles. The van der Waals surface area contributed by atoms with Gasteiger partial charge < -0.3 is 16.3 Å². The molecule has 2 aromatic rings. The van der Waals surface area contributed by atoms with Crippen molar-refractivity contribution in [2.45, 2.75) is 0 Å². The van der Waals surface area contributed by atoms with Gasteiger partial charge in [-0.25, -0.2) is 0 Å². The smallest absolute Gasteiger partial charge is 0.190 e. The number of rotatable bonds is 1. The van der Waals surface area contributed by atoms with Gasteiger partial charge in [-0.15, -0.1) is 0 Å². The Hall–Kier alpha value is -1.97. The maximum atomic E-state index is 11.1. The topological polar surface area (TPSA) is 65.0 Å². The summed E-state index contributed by atoms with van der Waals surface area (Å²) in [5, 5.41) is 15.9. The second-order valence-electron chi connectivity index (χ2n) is 3.08. The Morgan fingerprint density at radius 3 is 2.79 bits per heavy atom. The van der Waals surface area contributed by atoms with Crippen LogP contribution in [0.4, 0.5) is 11.4 Å². The first-order chi connectivity index (χ1) is 6.72. The van der Waals surface area contributed by atoms with Gasteiger partial charge in [0.15, 0.2) is 12.4 Å². The summed E-state index contributed by atoms with van der Waals surface area (Å²) in [4.78, 5) is 0. The minimum atomic E-state index is 0.615. The van der Waals surface area contributed by atoms with E-state index in [0.717, 1.165) is 21.2 Å². The first-order valence-electron chi connectivity index (χ1n) is 4.31. The first kappa shape index (κ1) is 8.62. The second kappa shape index (κ2) is 3.06. The van der Waals surface area contributed by atoms with E-state index >= 15 is 0 Å². The number of fused-ring (bicyclic) bond motifs is 1. The van der Waals surface area contributed by atoms with E-state index in [0.29, 0.717) is 5.69 Å². The summed E-state index contributed by atoms with van der Waals surface area (Å²) in [5.74, 6) is 0. The predicted octanol–water partition coefficient (Wildman–Crippen LogP) is 1.10. The lowest BCUT2D eigenvalue weighted by atomic mass is 10.1. The lowest BCUT2D eigenvalue weighted by molar-refractivity contribution is -0.603. The van der Waals surface area contributed by atoms with Crippen molar-refractivity contribution < 1.29 is 4.73 Å². The highest BCUT2D eigenvalue weighted by Crippen LogP contribution is 2.26. The largest absolute Gasteiger partial charge is 0.619 e. The molecule has 0 aliphatic rings. The molecule has 1 aromatic carbocycles. The molecule has 0 aliphatic carbocycles. The van der Waals surface area contributed by atoms with Crippen LogP contribution in [0.25, 0.3) is 10.8 Å². The first-order valence-corrected chi connectivity index (χ1v) is 4.31. The van der Waals surface area contributed by atoms with E-state index < -0.39 is 0 Å². The summed E-state index contributed by atoms with van der Waals surface area (Å²) in [7, 11) is 1.84. The summed E-state index contributed by atoms with van der Waals surface area (Å²) in [6.07, 6.45) is 2.94. The van der Waals surface area contributed by atoms with Crippen molar-refractivity contribution in [3.63, 3.8) is 0 Å². The predicted molar refractivity (Wildman–Crippen MR) is 56.9 cm³/mol. The lowest BCUT2D eigenvalue weighted by Gasteiger charge is -2.07. The van der Waals surface area contributed by atoms with Crippen LogP contribution in [0, 0.1) is 5.21 Å². The molecule has 1 aromatic heterocycles. The van der Waals surface area contributed by atoms with Crippen molar-refractivity contribution in [2.75, 3.05) is 18.1 Å². The molecule has 0 spiro atoms. The molecule has 0 unspecified atom stereocenters. The van der Waals surface area contributed by atoms with Gasteiger partial charge in [0.2, 0.25) is 0 Å². The van der Waals surface area contributed by atoms with Crippen LogP contribution < -0.4 is 15.8 Å². The molecule has 3 N–H and O–H groups in total. The highest BCUT2D eigenvalue weighted by molar-refractivity contribution is 6.00. The Labute approximate surface area is 81.5 Å². The molecule has 2 rings (SSSR count). The quantitative estimate of drug-likeness (QED) is 0.401. The van der Waals surface area contributed by atoms with Crippen LogP contribution in [0.1, 0.15) is 0 Å². The summed E-state index contributed by atoms with van der Waals surface area (Å²) >= 11 is 0. The molecule has 0 fully saturated rings. The van der Waals surface area contributed by atoms with E-state index in [9.17, 15) is 5.21 Å². The molecule has 0 aliphatic heterocycles. The third kappa shape index (κ3) is 1.21. The van der Waals surface area contributed by atoms with Crippen LogP contribution in [0.2, 0.25) is 0 Å². The van der Waals surface area contributed by atoms with Crippen LogP contribution in [0.15, 0.2) is 30.6 Å². The maximum Gasteiger partial charge on any atom is 0.190 e. The fraction of sp³-hybridized carbons (Fsp3) is 0.100. The van der Waals surface area contributed by atoms with E-state index in [1.54, 1.807) is 12.1 Å². The Bertz CT molecular complexity index is 482. The minimum absolute atomic E-state index is 0.615. The standard InChI is InChI=1S/C10H11N3O/c1-12-10-3-2-9(11)8-6-13(14)5-4-7(8)10/h2-6,12H,11H2,1H3. The van der Waals surface area contributed by atoms with E-state index in [1.807, 2.05) is 13.1 Å². The number of nitrogen functional groups attached to an aromatic ring is 1. The van der Waals surface area contributed by atoms with Crippen molar-refractivity contribution in [1.82, 2.24) is 0 Å². The van der Waals surface area contributed by atoms with Crippen molar-refractivity contribution in [3.05, 3.63) is 35.8 Å². The zero-order valence-electron chi connectivity index (χ0n) is 7.82. The van der Waals surface area contributed by atoms with Gasteiger partial charge >= 0.3 is 0 Å². The Morgan fingerprint density at radius 1 is 1.29 bits per heavy atom. The van der Waals surface area contributed by atoms with Gasteiger partial charge in [0.05, 0.1) is 5.39 Å². The van der Waals surface area contributed by atoms with E-state index in [2.05, 4.69) is 5.32 Å². The highest BCUT2D eigenvalue weighted by atomic mass is 16.5. The van der Waals surface area contributed by atoms with Gasteiger partial charge in [-0.1, -0.05) is 0 Å². The number of anilines is 2. The number of aromatic nitrogens is 1. The average molecular weight is 189 g/mol. The SMILES string of the molecule is CNc1ccc(N)c2c[n+]([O-])ccc12. The van der Waals surface area contributed by atoms with Crippen LogP contribution >= 0.6 is 0 Å². The Kier molecular flexibility index (Phi) is 1.89. The summed E-state index contributed by atoms with van der Waals surface area (Å²) in [6, 6.07) is 5.44. The molecule has 14 heavy (non-hydrogen) atoms. The minimum Gasteiger partial charge on any atom is -0.619 e. The normalized spacial score (nSPS) is 10.4. The lowest BCUT2D eigenvalue weighted by Crippen LogP contribution is -2.24. The molecule has 0 radical (unpaired) electrons. The van der Waals surface area contributed by atoms with Gasteiger partial charge in [-0.05, 0) is 12.1 Å². The number of benzene rings is 1. The van der Waals surface area contributed by atoms with Gasteiger partial charge in [0, 0.05) is 29.9 Å².